The Bertz CT molecular complexity index is 871. The van der Waals surface area contributed by atoms with Crippen LogP contribution in [0.4, 0.5) is 0 Å². The van der Waals surface area contributed by atoms with E-state index in [1.807, 2.05) is 36.7 Å². The first-order chi connectivity index (χ1) is 12.3. The molecule has 1 aliphatic heterocycles. The third kappa shape index (κ3) is 3.33. The fourth-order valence-corrected chi connectivity index (χ4v) is 3.34. The third-order valence-corrected chi connectivity index (χ3v) is 4.74. The number of amides is 1. The molecule has 0 N–H and O–H groups in total. The van der Waals surface area contributed by atoms with Crippen LogP contribution < -0.4 is 4.74 Å². The van der Waals surface area contributed by atoms with Crippen molar-refractivity contribution in [1.82, 2.24) is 9.88 Å². The maximum atomic E-state index is 10.9. The number of piperidine rings is 1. The van der Waals surface area contributed by atoms with E-state index in [0.717, 1.165) is 54.4 Å². The second-order valence-electron chi connectivity index (χ2n) is 6.40. The molecule has 1 aromatic heterocycles. The van der Waals surface area contributed by atoms with E-state index in [1.54, 1.807) is 4.90 Å². The minimum Gasteiger partial charge on any atom is -0.490 e. The molecule has 0 saturated carbocycles. The van der Waals surface area contributed by atoms with E-state index in [0.29, 0.717) is 0 Å². The van der Waals surface area contributed by atoms with Crippen molar-refractivity contribution in [2.45, 2.75) is 18.9 Å². The summed E-state index contributed by atoms with van der Waals surface area (Å²) < 4.78 is 6.34. The first kappa shape index (κ1) is 15.6. The summed E-state index contributed by atoms with van der Waals surface area (Å²) in [6.07, 6.45) is 6.44. The lowest BCUT2D eigenvalue weighted by atomic mass is 10.0. The standard InChI is InChI=1S/C21H20N2O2/c24-15-23-10-7-19(8-11-23)25-21-13-18(16-4-2-1-3-5-16)12-17-6-9-22-14-20(17)21/h1-6,9,12-15,19H,7-8,10-11H2. The highest BCUT2D eigenvalue weighted by Crippen LogP contribution is 2.33. The van der Waals surface area contributed by atoms with Gasteiger partial charge in [-0.15, -0.1) is 0 Å². The number of ether oxygens (including phenoxy) is 1. The van der Waals surface area contributed by atoms with Gasteiger partial charge in [-0.1, -0.05) is 30.3 Å². The minimum atomic E-state index is 0.130. The van der Waals surface area contributed by atoms with Crippen molar-refractivity contribution >= 4 is 17.2 Å². The SMILES string of the molecule is O=CN1CCC(Oc2cc(-c3ccccc3)cc3ccncc23)CC1. The minimum absolute atomic E-state index is 0.130. The maximum Gasteiger partial charge on any atom is 0.209 e. The van der Waals surface area contributed by atoms with Crippen molar-refractivity contribution < 1.29 is 9.53 Å². The van der Waals surface area contributed by atoms with Gasteiger partial charge in [-0.05, 0) is 34.7 Å². The highest BCUT2D eigenvalue weighted by atomic mass is 16.5. The van der Waals surface area contributed by atoms with Crippen molar-refractivity contribution in [2.24, 2.45) is 0 Å². The molecule has 0 spiro atoms. The van der Waals surface area contributed by atoms with Crippen LogP contribution in [0.3, 0.4) is 0 Å². The van der Waals surface area contributed by atoms with Crippen LogP contribution in [0, 0.1) is 0 Å². The van der Waals surface area contributed by atoms with Gasteiger partial charge in [0.1, 0.15) is 11.9 Å². The summed E-state index contributed by atoms with van der Waals surface area (Å²) in [5.41, 5.74) is 2.31. The zero-order chi connectivity index (χ0) is 17.1. The summed E-state index contributed by atoms with van der Waals surface area (Å²) in [7, 11) is 0. The molecular formula is C21H20N2O2. The highest BCUT2D eigenvalue weighted by molar-refractivity contribution is 5.92. The van der Waals surface area contributed by atoms with Crippen molar-refractivity contribution in [3.05, 3.63) is 60.9 Å². The third-order valence-electron chi connectivity index (χ3n) is 4.74. The molecule has 0 bridgehead atoms. The number of nitrogens with zero attached hydrogens (tertiary/aromatic N) is 2. The van der Waals surface area contributed by atoms with Gasteiger partial charge in [0.05, 0.1) is 0 Å². The van der Waals surface area contributed by atoms with E-state index in [-0.39, 0.29) is 6.10 Å². The van der Waals surface area contributed by atoms with Crippen LogP contribution in [0.2, 0.25) is 0 Å². The Hall–Kier alpha value is -2.88. The smallest absolute Gasteiger partial charge is 0.209 e. The zero-order valence-electron chi connectivity index (χ0n) is 14.0. The van der Waals surface area contributed by atoms with Crippen molar-refractivity contribution in [1.29, 1.82) is 0 Å². The molecular weight excluding hydrogens is 312 g/mol. The fraction of sp³-hybridized carbons (Fsp3) is 0.238. The van der Waals surface area contributed by atoms with Crippen LogP contribution >= 0.6 is 0 Å². The second-order valence-corrected chi connectivity index (χ2v) is 6.40. The number of fused-ring (bicyclic) bond motifs is 1. The predicted molar refractivity (Wildman–Crippen MR) is 98.5 cm³/mol. The topological polar surface area (TPSA) is 42.4 Å². The second kappa shape index (κ2) is 6.93. The highest BCUT2D eigenvalue weighted by Gasteiger charge is 2.20. The molecule has 0 atom stereocenters. The number of carbonyl (C=O) groups is 1. The molecule has 1 aliphatic rings. The van der Waals surface area contributed by atoms with Crippen LogP contribution in [0.5, 0.6) is 5.75 Å². The molecule has 4 rings (SSSR count). The van der Waals surface area contributed by atoms with Crippen molar-refractivity contribution in [3.63, 3.8) is 0 Å². The molecule has 0 aliphatic carbocycles. The number of likely N-dealkylation sites (tertiary alicyclic amines) is 1. The van der Waals surface area contributed by atoms with Gasteiger partial charge in [-0.3, -0.25) is 9.78 Å². The van der Waals surface area contributed by atoms with E-state index in [2.05, 4.69) is 29.2 Å². The van der Waals surface area contributed by atoms with E-state index >= 15 is 0 Å². The Morgan fingerprint density at radius 2 is 1.84 bits per heavy atom. The van der Waals surface area contributed by atoms with Gasteiger partial charge in [0, 0.05) is 43.7 Å². The Balaban J connectivity index is 1.68. The quantitative estimate of drug-likeness (QED) is 0.681. The lowest BCUT2D eigenvalue weighted by Gasteiger charge is -2.30. The molecule has 126 valence electrons. The van der Waals surface area contributed by atoms with Gasteiger partial charge < -0.3 is 9.64 Å². The Morgan fingerprint density at radius 3 is 2.60 bits per heavy atom. The number of benzene rings is 2. The van der Waals surface area contributed by atoms with Gasteiger partial charge >= 0.3 is 0 Å². The molecule has 0 radical (unpaired) electrons. The molecule has 25 heavy (non-hydrogen) atoms. The lowest BCUT2D eigenvalue weighted by molar-refractivity contribution is -0.119. The lowest BCUT2D eigenvalue weighted by Crippen LogP contribution is -2.37. The maximum absolute atomic E-state index is 10.9. The average Bonchev–Trinajstić information content (AvgIpc) is 2.69. The zero-order valence-corrected chi connectivity index (χ0v) is 14.0. The molecule has 1 fully saturated rings. The summed E-state index contributed by atoms with van der Waals surface area (Å²) in [4.78, 5) is 16.9. The predicted octanol–water partition coefficient (Wildman–Crippen LogP) is 3.90. The number of aromatic nitrogens is 1. The number of pyridine rings is 1. The van der Waals surface area contributed by atoms with E-state index in [1.165, 1.54) is 5.56 Å². The molecule has 1 amide bonds. The van der Waals surface area contributed by atoms with Crippen LogP contribution in [-0.4, -0.2) is 35.5 Å². The number of carbonyl (C=O) groups excluding carboxylic acids is 1. The number of hydrogen-bond donors (Lipinski definition) is 0. The first-order valence-electron chi connectivity index (χ1n) is 8.63. The molecule has 4 heteroatoms. The Morgan fingerprint density at radius 1 is 1.04 bits per heavy atom. The van der Waals surface area contributed by atoms with Crippen molar-refractivity contribution in [2.75, 3.05) is 13.1 Å². The Kier molecular flexibility index (Phi) is 4.34. The van der Waals surface area contributed by atoms with E-state index in [9.17, 15) is 4.79 Å². The summed E-state index contributed by atoms with van der Waals surface area (Å²) in [5.74, 6) is 0.869. The summed E-state index contributed by atoms with van der Waals surface area (Å²) in [6.45, 7) is 1.51. The summed E-state index contributed by atoms with van der Waals surface area (Å²) in [5, 5.41) is 2.15. The van der Waals surface area contributed by atoms with Crippen LogP contribution in [0.1, 0.15) is 12.8 Å². The first-order valence-corrected chi connectivity index (χ1v) is 8.63. The van der Waals surface area contributed by atoms with Gasteiger partial charge in [0.2, 0.25) is 6.41 Å². The molecule has 2 aromatic carbocycles. The fourth-order valence-electron chi connectivity index (χ4n) is 3.34. The van der Waals surface area contributed by atoms with Crippen molar-refractivity contribution in [3.8, 4) is 16.9 Å². The summed E-state index contributed by atoms with van der Waals surface area (Å²) in [6, 6.07) is 16.6. The number of rotatable bonds is 4. The molecule has 0 unspecified atom stereocenters. The number of hydrogen-bond acceptors (Lipinski definition) is 3. The van der Waals surface area contributed by atoms with Gasteiger partial charge in [0.15, 0.2) is 0 Å². The van der Waals surface area contributed by atoms with Crippen LogP contribution in [-0.2, 0) is 4.79 Å². The molecule has 3 aromatic rings. The summed E-state index contributed by atoms with van der Waals surface area (Å²) >= 11 is 0. The molecule has 2 heterocycles. The Labute approximate surface area is 147 Å². The normalized spacial score (nSPS) is 15.3. The van der Waals surface area contributed by atoms with E-state index in [4.69, 9.17) is 4.74 Å². The van der Waals surface area contributed by atoms with Crippen LogP contribution in [0.15, 0.2) is 60.9 Å². The monoisotopic (exact) mass is 332 g/mol. The van der Waals surface area contributed by atoms with E-state index < -0.39 is 0 Å². The van der Waals surface area contributed by atoms with Gasteiger partial charge in [0.25, 0.3) is 0 Å². The largest absolute Gasteiger partial charge is 0.490 e. The molecule has 1 saturated heterocycles. The van der Waals surface area contributed by atoms with Gasteiger partial charge in [-0.25, -0.2) is 0 Å². The average molecular weight is 332 g/mol. The van der Waals surface area contributed by atoms with Gasteiger partial charge in [-0.2, -0.15) is 0 Å². The van der Waals surface area contributed by atoms with Crippen LogP contribution in [0.25, 0.3) is 21.9 Å². The molecule has 4 nitrogen and oxygen atoms in total.